The predicted molar refractivity (Wildman–Crippen MR) is 90.7 cm³/mol. The van der Waals surface area contributed by atoms with Crippen LogP contribution in [0.4, 0.5) is 10.6 Å². The van der Waals surface area contributed by atoms with Gasteiger partial charge in [-0.25, -0.2) is 19.7 Å². The van der Waals surface area contributed by atoms with Crippen molar-refractivity contribution in [2.45, 2.75) is 0 Å². The molecule has 2 saturated heterocycles. The second kappa shape index (κ2) is 5.77. The Bertz CT molecular complexity index is 772. The molecule has 0 aliphatic carbocycles. The lowest BCUT2D eigenvalue weighted by molar-refractivity contribution is 0.207. The normalized spacial score (nSPS) is 22.9. The molecule has 2 aliphatic heterocycles. The van der Waals surface area contributed by atoms with Crippen molar-refractivity contribution in [2.24, 2.45) is 18.9 Å². The third-order valence-electron chi connectivity index (χ3n) is 4.95. The van der Waals surface area contributed by atoms with Gasteiger partial charge in [-0.05, 0) is 0 Å². The van der Waals surface area contributed by atoms with Crippen LogP contribution in [0.15, 0.2) is 25.3 Å². The highest BCUT2D eigenvalue weighted by Crippen LogP contribution is 2.34. The van der Waals surface area contributed by atoms with E-state index < -0.39 is 0 Å². The first kappa shape index (κ1) is 14.9. The van der Waals surface area contributed by atoms with E-state index in [2.05, 4.69) is 31.7 Å². The number of carbonyl (C=O) groups excluding carboxylic acids is 1. The number of imidazole rings is 1. The van der Waals surface area contributed by atoms with Gasteiger partial charge < -0.3 is 19.7 Å². The fourth-order valence-corrected chi connectivity index (χ4v) is 3.77. The van der Waals surface area contributed by atoms with Gasteiger partial charge in [-0.1, -0.05) is 6.08 Å². The Labute approximate surface area is 140 Å². The Hall–Kier alpha value is -2.64. The molecule has 0 aromatic carbocycles. The van der Waals surface area contributed by atoms with Crippen molar-refractivity contribution in [2.75, 3.05) is 37.6 Å². The number of amides is 2. The maximum absolute atomic E-state index is 12.1. The van der Waals surface area contributed by atoms with Crippen molar-refractivity contribution in [3.63, 3.8) is 0 Å². The highest BCUT2D eigenvalue weighted by Gasteiger charge is 2.42. The van der Waals surface area contributed by atoms with E-state index in [4.69, 9.17) is 0 Å². The molecule has 0 spiro atoms. The van der Waals surface area contributed by atoms with Crippen LogP contribution in [-0.4, -0.2) is 63.2 Å². The van der Waals surface area contributed by atoms with Crippen molar-refractivity contribution >= 4 is 23.0 Å². The summed E-state index contributed by atoms with van der Waals surface area (Å²) in [6, 6.07) is 0.00463. The van der Waals surface area contributed by atoms with Gasteiger partial charge in [0.05, 0.1) is 6.33 Å². The largest absolute Gasteiger partial charge is 0.354 e. The summed E-state index contributed by atoms with van der Waals surface area (Å²) >= 11 is 0. The van der Waals surface area contributed by atoms with E-state index >= 15 is 0 Å². The van der Waals surface area contributed by atoms with Gasteiger partial charge in [-0.15, -0.1) is 6.58 Å². The maximum Gasteiger partial charge on any atom is 0.317 e. The van der Waals surface area contributed by atoms with Crippen LogP contribution in [0.3, 0.4) is 0 Å². The number of hydrogen-bond donors (Lipinski definition) is 1. The smallest absolute Gasteiger partial charge is 0.317 e. The zero-order chi connectivity index (χ0) is 16.7. The third kappa shape index (κ3) is 2.38. The number of aromatic nitrogens is 4. The van der Waals surface area contributed by atoms with Crippen LogP contribution in [0.1, 0.15) is 0 Å². The molecule has 2 aromatic heterocycles. The standard InChI is InChI=1S/C16H21N7O/c1-3-4-17-16(24)23-7-11-5-22(6-12(11)8-23)15-13-14(18-9-19-15)21(2)10-20-13/h3,9-12H,1,4-8H2,2H3,(H,17,24). The lowest BCUT2D eigenvalue weighted by Gasteiger charge is -2.22. The van der Waals surface area contributed by atoms with E-state index in [-0.39, 0.29) is 6.03 Å². The second-order valence-electron chi connectivity index (χ2n) is 6.53. The van der Waals surface area contributed by atoms with E-state index in [0.717, 1.165) is 43.2 Å². The maximum atomic E-state index is 12.1. The Morgan fingerprint density at radius 3 is 2.75 bits per heavy atom. The first-order valence-corrected chi connectivity index (χ1v) is 8.18. The van der Waals surface area contributed by atoms with Gasteiger partial charge in [-0.3, -0.25) is 0 Å². The summed E-state index contributed by atoms with van der Waals surface area (Å²) in [7, 11) is 1.94. The fourth-order valence-electron chi connectivity index (χ4n) is 3.77. The number of aryl methyl sites for hydroxylation is 1. The van der Waals surface area contributed by atoms with Gasteiger partial charge in [0, 0.05) is 51.6 Å². The summed E-state index contributed by atoms with van der Waals surface area (Å²) in [6.07, 6.45) is 5.07. The summed E-state index contributed by atoms with van der Waals surface area (Å²) in [5, 5.41) is 2.86. The average molecular weight is 327 g/mol. The second-order valence-corrected chi connectivity index (χ2v) is 6.53. The molecule has 2 amide bonds. The molecular formula is C16H21N7O. The molecule has 2 unspecified atom stereocenters. The Balaban J connectivity index is 1.47. The molecule has 24 heavy (non-hydrogen) atoms. The molecule has 2 atom stereocenters. The lowest BCUT2D eigenvalue weighted by Crippen LogP contribution is -2.40. The number of carbonyl (C=O) groups is 1. The molecule has 4 rings (SSSR count). The van der Waals surface area contributed by atoms with E-state index in [1.807, 2.05) is 16.5 Å². The summed E-state index contributed by atoms with van der Waals surface area (Å²) in [6.45, 7) is 7.52. The molecule has 8 nitrogen and oxygen atoms in total. The Morgan fingerprint density at radius 2 is 2.04 bits per heavy atom. The third-order valence-corrected chi connectivity index (χ3v) is 4.95. The lowest BCUT2D eigenvalue weighted by atomic mass is 10.0. The van der Waals surface area contributed by atoms with E-state index in [1.165, 1.54) is 0 Å². The molecule has 0 radical (unpaired) electrons. The Morgan fingerprint density at radius 1 is 1.29 bits per heavy atom. The van der Waals surface area contributed by atoms with Gasteiger partial charge in [0.2, 0.25) is 0 Å². The number of anilines is 1. The highest BCUT2D eigenvalue weighted by atomic mass is 16.2. The minimum Gasteiger partial charge on any atom is -0.354 e. The average Bonchev–Trinajstić information content (AvgIpc) is 3.25. The van der Waals surface area contributed by atoms with Crippen LogP contribution < -0.4 is 10.2 Å². The van der Waals surface area contributed by atoms with Crippen LogP contribution in [0, 0.1) is 11.8 Å². The number of fused-ring (bicyclic) bond motifs is 2. The molecule has 4 heterocycles. The Kier molecular flexibility index (Phi) is 3.59. The topological polar surface area (TPSA) is 79.2 Å². The van der Waals surface area contributed by atoms with Crippen molar-refractivity contribution in [1.82, 2.24) is 29.7 Å². The summed E-state index contributed by atoms with van der Waals surface area (Å²) in [5.41, 5.74) is 1.70. The number of urea groups is 1. The van der Waals surface area contributed by atoms with Gasteiger partial charge >= 0.3 is 6.03 Å². The quantitative estimate of drug-likeness (QED) is 0.837. The zero-order valence-corrected chi connectivity index (χ0v) is 13.7. The van der Waals surface area contributed by atoms with E-state index in [9.17, 15) is 4.79 Å². The summed E-state index contributed by atoms with van der Waals surface area (Å²) in [5.74, 6) is 1.86. The van der Waals surface area contributed by atoms with Crippen LogP contribution in [0.5, 0.6) is 0 Å². The van der Waals surface area contributed by atoms with Crippen LogP contribution in [-0.2, 0) is 7.05 Å². The monoisotopic (exact) mass is 327 g/mol. The van der Waals surface area contributed by atoms with Crippen molar-refractivity contribution < 1.29 is 4.79 Å². The summed E-state index contributed by atoms with van der Waals surface area (Å²) < 4.78 is 1.91. The van der Waals surface area contributed by atoms with Crippen molar-refractivity contribution in [1.29, 1.82) is 0 Å². The molecule has 2 aliphatic rings. The molecule has 1 N–H and O–H groups in total. The number of nitrogens with one attached hydrogen (secondary N) is 1. The van der Waals surface area contributed by atoms with Crippen LogP contribution in [0.2, 0.25) is 0 Å². The van der Waals surface area contributed by atoms with Gasteiger partial charge in [0.1, 0.15) is 6.33 Å². The zero-order valence-electron chi connectivity index (χ0n) is 13.7. The minimum atomic E-state index is 0.00463. The van der Waals surface area contributed by atoms with Gasteiger partial charge in [0.25, 0.3) is 0 Å². The minimum absolute atomic E-state index is 0.00463. The van der Waals surface area contributed by atoms with Gasteiger partial charge in [0.15, 0.2) is 17.0 Å². The fraction of sp³-hybridized carbons (Fsp3) is 0.500. The number of likely N-dealkylation sites (tertiary alicyclic amines) is 1. The molecule has 0 bridgehead atoms. The first-order valence-electron chi connectivity index (χ1n) is 8.18. The van der Waals surface area contributed by atoms with Crippen molar-refractivity contribution in [3.8, 4) is 0 Å². The molecule has 8 heteroatoms. The van der Waals surface area contributed by atoms with Gasteiger partial charge in [-0.2, -0.15) is 0 Å². The molecular weight excluding hydrogens is 306 g/mol. The molecule has 2 aromatic rings. The van der Waals surface area contributed by atoms with Crippen LogP contribution >= 0.6 is 0 Å². The molecule has 126 valence electrons. The van der Waals surface area contributed by atoms with Crippen molar-refractivity contribution in [3.05, 3.63) is 25.3 Å². The molecule has 2 fully saturated rings. The first-order chi connectivity index (χ1) is 11.7. The predicted octanol–water partition coefficient (Wildman–Crippen LogP) is 0.627. The van der Waals surface area contributed by atoms with E-state index in [1.54, 1.807) is 18.7 Å². The SMILES string of the molecule is C=CCNC(=O)N1CC2CN(c3ncnc4c3ncn4C)CC2C1. The summed E-state index contributed by atoms with van der Waals surface area (Å²) in [4.78, 5) is 29.5. The number of rotatable bonds is 3. The van der Waals surface area contributed by atoms with Crippen LogP contribution in [0.25, 0.3) is 11.2 Å². The highest BCUT2D eigenvalue weighted by molar-refractivity contribution is 5.83. The number of hydrogen-bond acceptors (Lipinski definition) is 5. The molecule has 0 saturated carbocycles. The number of nitrogens with zero attached hydrogens (tertiary/aromatic N) is 6. The van der Waals surface area contributed by atoms with E-state index in [0.29, 0.717) is 18.4 Å².